The Morgan fingerprint density at radius 2 is 1.81 bits per heavy atom. The zero-order chi connectivity index (χ0) is 18.8. The average molecular weight is 358 g/mol. The minimum absolute atomic E-state index is 0.0719. The Labute approximate surface area is 161 Å². The topological polar surface area (TPSA) is 25.2 Å². The van der Waals surface area contributed by atoms with Crippen molar-refractivity contribution in [3.63, 3.8) is 0 Å². The molecule has 3 heteroatoms. The van der Waals surface area contributed by atoms with Gasteiger partial charge >= 0.3 is 0 Å². The van der Waals surface area contributed by atoms with Crippen LogP contribution in [0, 0.1) is 6.92 Å². The van der Waals surface area contributed by atoms with E-state index in [9.17, 15) is 4.79 Å². The number of benzene rings is 2. The zero-order valence-electron chi connectivity index (χ0n) is 16.1. The third-order valence-corrected chi connectivity index (χ3v) is 5.42. The molecule has 1 amide bonds. The molecule has 27 heavy (non-hydrogen) atoms. The van der Waals surface area contributed by atoms with Crippen LogP contribution in [-0.2, 0) is 11.3 Å². The first-order valence-corrected chi connectivity index (χ1v) is 9.80. The van der Waals surface area contributed by atoms with Gasteiger partial charge in [-0.1, -0.05) is 61.4 Å². The average Bonchev–Trinajstić information content (AvgIpc) is 3.11. The summed E-state index contributed by atoms with van der Waals surface area (Å²) in [6.07, 6.45) is 4.66. The molecule has 1 atom stereocenters. The number of amides is 1. The Kier molecular flexibility index (Phi) is 4.85. The Morgan fingerprint density at radius 1 is 1.04 bits per heavy atom. The highest BCUT2D eigenvalue weighted by atomic mass is 16.2. The van der Waals surface area contributed by atoms with Crippen LogP contribution in [-0.4, -0.2) is 15.4 Å². The second-order valence-electron chi connectivity index (χ2n) is 7.37. The number of rotatable bonds is 4. The SMILES string of the molecule is CCCCC(=O)N1Cc2ccccc2-n2cccc2[C@H]1c1ccc(C)cc1. The fourth-order valence-corrected chi connectivity index (χ4v) is 3.95. The lowest BCUT2D eigenvalue weighted by Gasteiger charge is -2.31. The van der Waals surface area contributed by atoms with Crippen LogP contribution >= 0.6 is 0 Å². The standard InChI is InChI=1S/C24H26N2O/c1-3-4-11-23(27)26-17-20-8-5-6-9-21(20)25-16-7-10-22(25)24(26)19-14-12-18(2)13-15-19/h5-10,12-16,24H,3-4,11,17H2,1-2H3/t24-/m1/s1. The quantitative estimate of drug-likeness (QED) is 0.612. The van der Waals surface area contributed by atoms with Crippen molar-refractivity contribution in [1.29, 1.82) is 0 Å². The van der Waals surface area contributed by atoms with Crippen LogP contribution in [0.15, 0.2) is 66.9 Å². The van der Waals surface area contributed by atoms with Crippen molar-refractivity contribution in [2.45, 2.75) is 45.7 Å². The summed E-state index contributed by atoms with van der Waals surface area (Å²) < 4.78 is 2.24. The summed E-state index contributed by atoms with van der Waals surface area (Å²) in [6.45, 7) is 4.87. The van der Waals surface area contributed by atoms with Crippen LogP contribution < -0.4 is 0 Å². The van der Waals surface area contributed by atoms with E-state index in [4.69, 9.17) is 0 Å². The molecule has 2 heterocycles. The molecule has 0 bridgehead atoms. The third kappa shape index (κ3) is 3.30. The van der Waals surface area contributed by atoms with Crippen molar-refractivity contribution in [2.75, 3.05) is 0 Å². The van der Waals surface area contributed by atoms with Crippen molar-refractivity contribution in [2.24, 2.45) is 0 Å². The maximum Gasteiger partial charge on any atom is 0.223 e. The van der Waals surface area contributed by atoms with Gasteiger partial charge in [-0.3, -0.25) is 4.79 Å². The molecule has 1 aliphatic rings. The van der Waals surface area contributed by atoms with Gasteiger partial charge in [-0.2, -0.15) is 0 Å². The summed E-state index contributed by atoms with van der Waals surface area (Å²) in [5, 5.41) is 0. The molecule has 0 saturated carbocycles. The molecule has 0 saturated heterocycles. The maximum atomic E-state index is 13.2. The molecule has 4 rings (SSSR count). The Balaban J connectivity index is 1.87. The molecule has 0 N–H and O–H groups in total. The number of fused-ring (bicyclic) bond motifs is 3. The summed E-state index contributed by atoms with van der Waals surface area (Å²) in [5.41, 5.74) is 5.90. The van der Waals surface area contributed by atoms with Gasteiger partial charge in [0.25, 0.3) is 0 Å². The second-order valence-corrected chi connectivity index (χ2v) is 7.37. The summed E-state index contributed by atoms with van der Waals surface area (Å²) in [5.74, 6) is 0.229. The predicted molar refractivity (Wildman–Crippen MR) is 109 cm³/mol. The van der Waals surface area contributed by atoms with E-state index in [1.54, 1.807) is 0 Å². The minimum Gasteiger partial charge on any atom is -0.326 e. The van der Waals surface area contributed by atoms with E-state index in [-0.39, 0.29) is 11.9 Å². The van der Waals surface area contributed by atoms with E-state index in [1.807, 2.05) is 0 Å². The molecule has 0 spiro atoms. The van der Waals surface area contributed by atoms with Crippen molar-refractivity contribution >= 4 is 5.91 Å². The van der Waals surface area contributed by atoms with Crippen molar-refractivity contribution in [1.82, 2.24) is 9.47 Å². The molecule has 1 aromatic heterocycles. The van der Waals surface area contributed by atoms with Gasteiger partial charge in [0.15, 0.2) is 0 Å². The van der Waals surface area contributed by atoms with Crippen molar-refractivity contribution < 1.29 is 4.79 Å². The predicted octanol–water partition coefficient (Wildman–Crippen LogP) is 5.41. The van der Waals surface area contributed by atoms with Crippen LogP contribution in [0.4, 0.5) is 0 Å². The Bertz CT molecular complexity index is 939. The zero-order valence-corrected chi connectivity index (χ0v) is 16.1. The number of carbonyl (C=O) groups excluding carboxylic acids is 1. The monoisotopic (exact) mass is 358 g/mol. The highest BCUT2D eigenvalue weighted by Crippen LogP contribution is 2.37. The summed E-state index contributed by atoms with van der Waals surface area (Å²) in [7, 11) is 0. The number of hydrogen-bond acceptors (Lipinski definition) is 1. The lowest BCUT2D eigenvalue weighted by Crippen LogP contribution is -2.34. The van der Waals surface area contributed by atoms with E-state index in [0.717, 1.165) is 18.5 Å². The number of unbranched alkanes of at least 4 members (excludes halogenated alkanes) is 1. The lowest BCUT2D eigenvalue weighted by molar-refractivity contribution is -0.133. The van der Waals surface area contributed by atoms with E-state index in [0.29, 0.717) is 13.0 Å². The van der Waals surface area contributed by atoms with Gasteiger partial charge in [0.1, 0.15) is 0 Å². The Morgan fingerprint density at radius 3 is 2.59 bits per heavy atom. The van der Waals surface area contributed by atoms with Crippen molar-refractivity contribution in [3.05, 3.63) is 89.2 Å². The molecule has 1 aliphatic heterocycles. The molecule has 3 nitrogen and oxygen atoms in total. The summed E-state index contributed by atoms with van der Waals surface area (Å²) in [6, 6.07) is 21.1. The number of para-hydroxylation sites is 1. The number of hydrogen-bond donors (Lipinski definition) is 0. The van der Waals surface area contributed by atoms with Crippen LogP contribution in [0.2, 0.25) is 0 Å². The van der Waals surface area contributed by atoms with Gasteiger partial charge < -0.3 is 9.47 Å². The first kappa shape index (κ1) is 17.6. The van der Waals surface area contributed by atoms with Gasteiger partial charge in [0.05, 0.1) is 11.7 Å². The highest BCUT2D eigenvalue weighted by molar-refractivity contribution is 5.77. The van der Waals surface area contributed by atoms with Crippen LogP contribution in [0.5, 0.6) is 0 Å². The molecule has 0 unspecified atom stereocenters. The molecule has 0 fully saturated rings. The van der Waals surface area contributed by atoms with Crippen LogP contribution in [0.1, 0.15) is 54.6 Å². The molecule has 0 aliphatic carbocycles. The summed E-state index contributed by atoms with van der Waals surface area (Å²) >= 11 is 0. The number of aryl methyl sites for hydroxylation is 1. The summed E-state index contributed by atoms with van der Waals surface area (Å²) in [4.78, 5) is 15.3. The first-order chi connectivity index (χ1) is 13.2. The molecule has 0 radical (unpaired) electrons. The normalized spacial score (nSPS) is 15.8. The van der Waals surface area contributed by atoms with Gasteiger partial charge in [0, 0.05) is 24.9 Å². The van der Waals surface area contributed by atoms with E-state index < -0.39 is 0 Å². The molecular formula is C24H26N2O. The maximum absolute atomic E-state index is 13.2. The molecular weight excluding hydrogens is 332 g/mol. The fourth-order valence-electron chi connectivity index (χ4n) is 3.95. The van der Waals surface area contributed by atoms with Crippen LogP contribution in [0.25, 0.3) is 5.69 Å². The largest absolute Gasteiger partial charge is 0.326 e. The minimum atomic E-state index is -0.0719. The lowest BCUT2D eigenvalue weighted by atomic mass is 9.99. The fraction of sp³-hybridized carbons (Fsp3) is 0.292. The van der Waals surface area contributed by atoms with Crippen molar-refractivity contribution in [3.8, 4) is 5.69 Å². The number of carbonyl (C=O) groups is 1. The smallest absolute Gasteiger partial charge is 0.223 e. The third-order valence-electron chi connectivity index (χ3n) is 5.42. The van der Waals surface area contributed by atoms with E-state index in [1.165, 1.54) is 22.4 Å². The van der Waals surface area contributed by atoms with Gasteiger partial charge in [-0.05, 0) is 42.7 Å². The molecule has 138 valence electrons. The highest BCUT2D eigenvalue weighted by Gasteiger charge is 2.32. The number of aromatic nitrogens is 1. The molecule has 3 aromatic rings. The van der Waals surface area contributed by atoms with Gasteiger partial charge in [-0.25, -0.2) is 0 Å². The van der Waals surface area contributed by atoms with E-state index >= 15 is 0 Å². The number of nitrogens with zero attached hydrogens (tertiary/aromatic N) is 2. The second kappa shape index (κ2) is 7.43. The van der Waals surface area contributed by atoms with E-state index in [2.05, 4.69) is 90.2 Å². The van der Waals surface area contributed by atoms with Gasteiger partial charge in [-0.15, -0.1) is 0 Å². The van der Waals surface area contributed by atoms with Crippen LogP contribution in [0.3, 0.4) is 0 Å². The van der Waals surface area contributed by atoms with Gasteiger partial charge in [0.2, 0.25) is 5.91 Å². The Hall–Kier alpha value is -2.81. The molecule has 2 aromatic carbocycles. The first-order valence-electron chi connectivity index (χ1n) is 9.80.